The predicted molar refractivity (Wildman–Crippen MR) is 72.9 cm³/mol. The first-order valence-corrected chi connectivity index (χ1v) is 6.82. The Balaban J connectivity index is 2.90. The largest absolute Gasteiger partial charge is 0.337 e. The van der Waals surface area contributed by atoms with E-state index >= 15 is 0 Å². The molecule has 0 unspecified atom stereocenters. The van der Waals surface area contributed by atoms with Crippen LogP contribution in [-0.4, -0.2) is 29.8 Å². The molecule has 0 aliphatic carbocycles. The van der Waals surface area contributed by atoms with Crippen molar-refractivity contribution < 1.29 is 9.18 Å². The van der Waals surface area contributed by atoms with Crippen molar-refractivity contribution in [1.82, 2.24) is 4.90 Å². The van der Waals surface area contributed by atoms with Crippen molar-refractivity contribution in [3.63, 3.8) is 0 Å². The third-order valence-corrected chi connectivity index (χ3v) is 3.07. The van der Waals surface area contributed by atoms with Crippen LogP contribution in [0.15, 0.2) is 18.2 Å². The first kappa shape index (κ1) is 15.3. The molecule has 0 radical (unpaired) electrons. The topological polar surface area (TPSA) is 20.3 Å². The first-order chi connectivity index (χ1) is 8.61. The number of amides is 1. The minimum Gasteiger partial charge on any atom is -0.337 e. The zero-order valence-corrected chi connectivity index (χ0v) is 11.8. The molecule has 0 saturated carbocycles. The molecule has 5 heteroatoms. The number of benzene rings is 1. The van der Waals surface area contributed by atoms with Crippen molar-refractivity contribution in [1.29, 1.82) is 0 Å². The Bertz CT molecular complexity index is 412. The Hall–Kier alpha value is -0.800. The van der Waals surface area contributed by atoms with Crippen LogP contribution in [0.5, 0.6) is 0 Å². The molecule has 0 spiro atoms. The van der Waals surface area contributed by atoms with Crippen LogP contribution in [0.4, 0.5) is 4.39 Å². The van der Waals surface area contributed by atoms with Gasteiger partial charge < -0.3 is 4.90 Å². The van der Waals surface area contributed by atoms with Crippen molar-refractivity contribution >= 4 is 29.1 Å². The number of rotatable bonds is 6. The van der Waals surface area contributed by atoms with E-state index in [2.05, 4.69) is 0 Å². The number of halogens is 3. The summed E-state index contributed by atoms with van der Waals surface area (Å²) in [6, 6.07) is 4.43. The molecule has 0 fully saturated rings. The Labute approximate surface area is 117 Å². The molecule has 0 N–H and O–H groups in total. The zero-order valence-electron chi connectivity index (χ0n) is 10.3. The van der Waals surface area contributed by atoms with Crippen LogP contribution in [0.1, 0.15) is 30.1 Å². The third kappa shape index (κ3) is 3.85. The van der Waals surface area contributed by atoms with E-state index in [1.165, 1.54) is 12.1 Å². The van der Waals surface area contributed by atoms with Gasteiger partial charge in [0, 0.05) is 19.0 Å². The van der Waals surface area contributed by atoms with Crippen molar-refractivity contribution in [3.05, 3.63) is 34.6 Å². The van der Waals surface area contributed by atoms with Gasteiger partial charge in [-0.25, -0.2) is 4.39 Å². The van der Waals surface area contributed by atoms with Crippen molar-refractivity contribution in [3.8, 4) is 0 Å². The normalized spacial score (nSPS) is 10.4. The van der Waals surface area contributed by atoms with Gasteiger partial charge in [0.25, 0.3) is 5.91 Å². The van der Waals surface area contributed by atoms with E-state index in [9.17, 15) is 9.18 Å². The monoisotopic (exact) mass is 291 g/mol. The summed E-state index contributed by atoms with van der Waals surface area (Å²) in [5.41, 5.74) is 0.00344. The standard InChI is InChI=1S/C13H16Cl2FNO/c1-2-3-8-17(9-7-14)13(18)10-5-4-6-11(15)12(10)16/h4-6H,2-3,7-9H2,1H3. The van der Waals surface area contributed by atoms with E-state index in [0.29, 0.717) is 19.0 Å². The molecule has 0 atom stereocenters. The summed E-state index contributed by atoms with van der Waals surface area (Å²) in [5, 5.41) is -0.0397. The van der Waals surface area contributed by atoms with Gasteiger partial charge in [0.1, 0.15) is 0 Å². The van der Waals surface area contributed by atoms with Crippen molar-refractivity contribution in [2.45, 2.75) is 19.8 Å². The highest BCUT2D eigenvalue weighted by atomic mass is 35.5. The molecular formula is C13H16Cl2FNO. The maximum atomic E-state index is 13.8. The van der Waals surface area contributed by atoms with E-state index in [-0.39, 0.29) is 16.5 Å². The molecular weight excluding hydrogens is 276 g/mol. The summed E-state index contributed by atoms with van der Waals surface area (Å²) in [6.45, 7) is 3.02. The van der Waals surface area contributed by atoms with Crippen LogP contribution in [0.25, 0.3) is 0 Å². The van der Waals surface area contributed by atoms with Gasteiger partial charge in [0.05, 0.1) is 10.6 Å². The van der Waals surface area contributed by atoms with Crippen LogP contribution >= 0.6 is 23.2 Å². The quantitative estimate of drug-likeness (QED) is 0.727. The number of nitrogens with zero attached hydrogens (tertiary/aromatic N) is 1. The highest BCUT2D eigenvalue weighted by Gasteiger charge is 2.19. The van der Waals surface area contributed by atoms with E-state index in [1.54, 1.807) is 11.0 Å². The number of hydrogen-bond donors (Lipinski definition) is 0. The smallest absolute Gasteiger partial charge is 0.256 e. The Morgan fingerprint density at radius 3 is 2.72 bits per heavy atom. The van der Waals surface area contributed by atoms with Gasteiger partial charge in [-0.2, -0.15) is 0 Å². The van der Waals surface area contributed by atoms with E-state index in [1.807, 2.05) is 6.92 Å². The van der Waals surface area contributed by atoms with Gasteiger partial charge in [-0.1, -0.05) is 31.0 Å². The molecule has 1 aromatic rings. The highest BCUT2D eigenvalue weighted by molar-refractivity contribution is 6.31. The van der Waals surface area contributed by atoms with Crippen molar-refractivity contribution in [2.24, 2.45) is 0 Å². The van der Waals surface area contributed by atoms with Gasteiger partial charge in [0.15, 0.2) is 5.82 Å². The summed E-state index contributed by atoms with van der Waals surface area (Å²) in [4.78, 5) is 13.7. The Morgan fingerprint density at radius 1 is 1.39 bits per heavy atom. The molecule has 0 aromatic heterocycles. The van der Waals surface area contributed by atoms with Gasteiger partial charge in [-0.3, -0.25) is 4.79 Å². The van der Waals surface area contributed by atoms with Crippen LogP contribution in [0, 0.1) is 5.82 Å². The molecule has 100 valence electrons. The molecule has 0 aliphatic rings. The number of carbonyl (C=O) groups is 1. The van der Waals surface area contributed by atoms with Gasteiger partial charge in [0.2, 0.25) is 0 Å². The molecule has 1 rings (SSSR count). The second kappa shape index (κ2) is 7.59. The molecule has 0 heterocycles. The minimum atomic E-state index is -0.666. The maximum Gasteiger partial charge on any atom is 0.256 e. The first-order valence-electron chi connectivity index (χ1n) is 5.91. The fourth-order valence-corrected chi connectivity index (χ4v) is 1.98. The second-order valence-electron chi connectivity index (χ2n) is 3.94. The van der Waals surface area contributed by atoms with Crippen LogP contribution < -0.4 is 0 Å². The molecule has 1 aromatic carbocycles. The average molecular weight is 292 g/mol. The summed E-state index contributed by atoms with van der Waals surface area (Å²) in [6.07, 6.45) is 1.83. The lowest BCUT2D eigenvalue weighted by Crippen LogP contribution is -2.34. The number of alkyl halides is 1. The molecule has 0 saturated heterocycles. The predicted octanol–water partition coefficient (Wildman–Crippen LogP) is 3.96. The average Bonchev–Trinajstić information content (AvgIpc) is 2.37. The number of carbonyl (C=O) groups excluding carboxylic acids is 1. The van der Waals surface area contributed by atoms with E-state index < -0.39 is 5.82 Å². The molecule has 18 heavy (non-hydrogen) atoms. The Kier molecular flexibility index (Phi) is 6.44. The van der Waals surface area contributed by atoms with Crippen molar-refractivity contribution in [2.75, 3.05) is 19.0 Å². The van der Waals surface area contributed by atoms with Gasteiger partial charge >= 0.3 is 0 Å². The van der Waals surface area contributed by atoms with Crippen LogP contribution in [0.2, 0.25) is 5.02 Å². The molecule has 0 bridgehead atoms. The van der Waals surface area contributed by atoms with Gasteiger partial charge in [-0.15, -0.1) is 11.6 Å². The molecule has 2 nitrogen and oxygen atoms in total. The zero-order chi connectivity index (χ0) is 13.5. The number of unbranched alkanes of at least 4 members (excludes halogenated alkanes) is 1. The third-order valence-electron chi connectivity index (χ3n) is 2.61. The Morgan fingerprint density at radius 2 is 2.11 bits per heavy atom. The van der Waals surface area contributed by atoms with E-state index in [4.69, 9.17) is 23.2 Å². The van der Waals surface area contributed by atoms with Gasteiger partial charge in [-0.05, 0) is 18.6 Å². The minimum absolute atomic E-state index is 0.00344. The summed E-state index contributed by atoms with van der Waals surface area (Å²) in [7, 11) is 0. The highest BCUT2D eigenvalue weighted by Crippen LogP contribution is 2.19. The lowest BCUT2D eigenvalue weighted by atomic mass is 10.1. The summed E-state index contributed by atoms with van der Waals surface area (Å²) < 4.78 is 13.8. The lowest BCUT2D eigenvalue weighted by Gasteiger charge is -2.21. The molecule has 0 aliphatic heterocycles. The second-order valence-corrected chi connectivity index (χ2v) is 4.72. The fourth-order valence-electron chi connectivity index (χ4n) is 1.61. The fraction of sp³-hybridized carbons (Fsp3) is 0.462. The molecule has 1 amide bonds. The number of hydrogen-bond acceptors (Lipinski definition) is 1. The SMILES string of the molecule is CCCCN(CCCl)C(=O)c1cccc(Cl)c1F. The lowest BCUT2D eigenvalue weighted by molar-refractivity contribution is 0.0758. The maximum absolute atomic E-state index is 13.8. The van der Waals surface area contributed by atoms with E-state index in [0.717, 1.165) is 12.8 Å². The van der Waals surface area contributed by atoms with Crippen LogP contribution in [0.3, 0.4) is 0 Å². The summed E-state index contributed by atoms with van der Waals surface area (Å²) in [5.74, 6) is -0.693. The van der Waals surface area contributed by atoms with Crippen LogP contribution in [-0.2, 0) is 0 Å². The summed E-state index contributed by atoms with van der Waals surface area (Å²) >= 11 is 11.3.